The highest BCUT2D eigenvalue weighted by Crippen LogP contribution is 2.43. The van der Waals surface area contributed by atoms with Crippen LogP contribution in [0.4, 0.5) is 16.4 Å². The summed E-state index contributed by atoms with van der Waals surface area (Å²) in [5, 5.41) is 15.5. The highest BCUT2D eigenvalue weighted by molar-refractivity contribution is 6.12. The maximum absolute atomic E-state index is 13.0. The zero-order valence-electron chi connectivity index (χ0n) is 19.3. The number of aliphatic imine (C=N–C) groups is 1. The molecule has 176 valence electrons. The third-order valence-electron chi connectivity index (χ3n) is 6.14. The number of amidine groups is 1. The molecule has 3 heterocycles. The number of hydrazone groups is 1. The molecule has 0 spiro atoms. The summed E-state index contributed by atoms with van der Waals surface area (Å²) in [5.41, 5.74) is 9.69. The van der Waals surface area contributed by atoms with Crippen molar-refractivity contribution in [3.05, 3.63) is 47.3 Å². The number of nitrogens with two attached hydrogens (primary N) is 1. The molecule has 1 unspecified atom stereocenters. The number of fused-ring (bicyclic) bond motifs is 1. The number of anilines is 2. The Morgan fingerprint density at radius 2 is 1.88 bits per heavy atom. The number of carbonyl (C=O) groups excluding carboxylic acids is 2. The predicted octanol–water partition coefficient (Wildman–Crippen LogP) is 3.55. The Bertz CT molecular complexity index is 1230. The first-order valence-electron chi connectivity index (χ1n) is 11.3. The molecule has 34 heavy (non-hydrogen) atoms. The standard InChI is InChI=1S/C24H27N7O3/c1-24(2,3)17-10-18(34-30-17)29-23(33)28-15-8-6-13(7-9-15)19-16(21(32)14-4-5-14)11-31-20(19)22(25)26-12-27-31/h6-10,12,14,16H,4-5,11H2,1-3H3,(H2,25,26,27)(H2,28,29,33). The molecule has 4 N–H and O–H groups in total. The van der Waals surface area contributed by atoms with Crippen LogP contribution in [0.2, 0.25) is 0 Å². The topological polar surface area (TPSA) is 138 Å². The van der Waals surface area contributed by atoms with Gasteiger partial charge in [0.15, 0.2) is 5.84 Å². The average molecular weight is 462 g/mol. The summed E-state index contributed by atoms with van der Waals surface area (Å²) >= 11 is 0. The van der Waals surface area contributed by atoms with E-state index in [4.69, 9.17) is 10.3 Å². The van der Waals surface area contributed by atoms with Crippen molar-refractivity contribution in [1.29, 1.82) is 0 Å². The Balaban J connectivity index is 1.33. The molecule has 10 nitrogen and oxygen atoms in total. The van der Waals surface area contributed by atoms with Crippen LogP contribution in [0.15, 0.2) is 50.6 Å². The van der Waals surface area contributed by atoms with Crippen molar-refractivity contribution in [2.75, 3.05) is 17.2 Å². The van der Waals surface area contributed by atoms with E-state index in [1.807, 2.05) is 32.9 Å². The summed E-state index contributed by atoms with van der Waals surface area (Å²) in [6, 6.07) is 8.56. The van der Waals surface area contributed by atoms with E-state index in [1.165, 1.54) is 6.34 Å². The van der Waals surface area contributed by atoms with Gasteiger partial charge in [-0.15, -0.1) is 0 Å². The van der Waals surface area contributed by atoms with Gasteiger partial charge in [-0.2, -0.15) is 5.10 Å². The number of ketones is 1. The van der Waals surface area contributed by atoms with Crippen molar-refractivity contribution in [1.82, 2.24) is 10.2 Å². The fourth-order valence-electron chi connectivity index (χ4n) is 4.16. The lowest BCUT2D eigenvalue weighted by molar-refractivity contribution is -0.122. The second-order valence-corrected chi connectivity index (χ2v) is 9.80. The molecule has 0 radical (unpaired) electrons. The van der Waals surface area contributed by atoms with Crippen LogP contribution in [0.1, 0.15) is 44.9 Å². The molecule has 1 saturated carbocycles. The minimum absolute atomic E-state index is 0.114. The number of nitrogens with one attached hydrogen (secondary N) is 2. The van der Waals surface area contributed by atoms with E-state index in [9.17, 15) is 9.59 Å². The molecule has 1 atom stereocenters. The van der Waals surface area contributed by atoms with Gasteiger partial charge in [-0.1, -0.05) is 38.1 Å². The summed E-state index contributed by atoms with van der Waals surface area (Å²) in [7, 11) is 0. The summed E-state index contributed by atoms with van der Waals surface area (Å²) in [5.74, 6) is 0.648. The van der Waals surface area contributed by atoms with Crippen molar-refractivity contribution < 1.29 is 14.1 Å². The van der Waals surface area contributed by atoms with Gasteiger partial charge >= 0.3 is 6.03 Å². The molecular weight excluding hydrogens is 434 g/mol. The zero-order chi connectivity index (χ0) is 24.0. The van der Waals surface area contributed by atoms with E-state index in [0.717, 1.165) is 29.7 Å². The molecule has 0 bridgehead atoms. The lowest BCUT2D eigenvalue weighted by Gasteiger charge is -2.18. The molecule has 3 aliphatic rings. The summed E-state index contributed by atoms with van der Waals surface area (Å²) in [4.78, 5) is 29.6. The van der Waals surface area contributed by atoms with E-state index in [0.29, 0.717) is 23.8 Å². The van der Waals surface area contributed by atoms with Gasteiger partial charge in [-0.05, 0) is 30.5 Å². The third-order valence-corrected chi connectivity index (χ3v) is 6.14. The monoisotopic (exact) mass is 461 g/mol. The van der Waals surface area contributed by atoms with Gasteiger partial charge in [0.25, 0.3) is 0 Å². The van der Waals surface area contributed by atoms with Gasteiger partial charge in [-0.25, -0.2) is 9.79 Å². The molecule has 5 rings (SSSR count). The highest BCUT2D eigenvalue weighted by atomic mass is 16.5. The van der Waals surface area contributed by atoms with Gasteiger partial charge in [0.05, 0.1) is 18.2 Å². The average Bonchev–Trinajstić information content (AvgIpc) is 3.39. The van der Waals surface area contributed by atoms with Crippen LogP contribution in [0.25, 0.3) is 5.57 Å². The number of hydrogen-bond donors (Lipinski definition) is 3. The molecular formula is C24H27N7O3. The number of Topliss-reactive ketones (excluding diaryl/α,β-unsaturated/α-hetero) is 1. The maximum atomic E-state index is 13.0. The van der Waals surface area contributed by atoms with Gasteiger partial charge in [-0.3, -0.25) is 15.1 Å². The molecule has 10 heteroatoms. The van der Waals surface area contributed by atoms with Gasteiger partial charge in [0.2, 0.25) is 5.88 Å². The Hall–Kier alpha value is -3.95. The molecule has 2 amide bonds. The van der Waals surface area contributed by atoms with Crippen LogP contribution >= 0.6 is 0 Å². The van der Waals surface area contributed by atoms with E-state index in [1.54, 1.807) is 23.2 Å². The lowest BCUT2D eigenvalue weighted by Crippen LogP contribution is -2.29. The number of amides is 2. The predicted molar refractivity (Wildman–Crippen MR) is 129 cm³/mol. The van der Waals surface area contributed by atoms with Crippen LogP contribution in [0.3, 0.4) is 0 Å². The Morgan fingerprint density at radius 1 is 1.15 bits per heavy atom. The number of aromatic nitrogens is 1. The molecule has 1 aromatic carbocycles. The van der Waals surface area contributed by atoms with Gasteiger partial charge in [0, 0.05) is 28.7 Å². The number of nitrogens with zero attached hydrogens (tertiary/aromatic N) is 4. The van der Waals surface area contributed by atoms with E-state index in [-0.39, 0.29) is 28.9 Å². The minimum atomic E-state index is -0.446. The van der Waals surface area contributed by atoms with Crippen molar-refractivity contribution >= 4 is 41.1 Å². The van der Waals surface area contributed by atoms with Crippen molar-refractivity contribution in [3.63, 3.8) is 0 Å². The van der Waals surface area contributed by atoms with Crippen LogP contribution in [-0.2, 0) is 10.2 Å². The second-order valence-electron chi connectivity index (χ2n) is 9.80. The largest absolute Gasteiger partial charge is 0.382 e. The Morgan fingerprint density at radius 3 is 2.53 bits per heavy atom. The van der Waals surface area contributed by atoms with E-state index >= 15 is 0 Å². The fraction of sp³-hybridized carbons (Fsp3) is 0.375. The molecule has 2 aromatic rings. The molecule has 2 aliphatic heterocycles. The Kier molecular flexibility index (Phi) is 5.22. The first-order valence-corrected chi connectivity index (χ1v) is 11.3. The smallest absolute Gasteiger partial charge is 0.326 e. The van der Waals surface area contributed by atoms with Gasteiger partial charge in [0.1, 0.15) is 17.8 Å². The number of rotatable bonds is 5. The van der Waals surface area contributed by atoms with Crippen LogP contribution in [0, 0.1) is 11.8 Å². The number of carbonyl (C=O) groups is 2. The summed E-state index contributed by atoms with van der Waals surface area (Å²) in [6.45, 7) is 6.50. The Labute approximate surface area is 197 Å². The molecule has 0 saturated heterocycles. The number of urea groups is 1. The van der Waals surface area contributed by atoms with Gasteiger partial charge < -0.3 is 15.6 Å². The lowest BCUT2D eigenvalue weighted by atomic mass is 9.88. The van der Waals surface area contributed by atoms with E-state index in [2.05, 4.69) is 25.9 Å². The van der Waals surface area contributed by atoms with Crippen LogP contribution < -0.4 is 16.4 Å². The molecule has 1 fully saturated rings. The first kappa shape index (κ1) is 21.9. The fourth-order valence-corrected chi connectivity index (χ4v) is 4.16. The molecule has 1 aromatic heterocycles. The van der Waals surface area contributed by atoms with Crippen molar-refractivity contribution in [2.24, 2.45) is 27.7 Å². The summed E-state index contributed by atoms with van der Waals surface area (Å²) in [6.07, 6.45) is 3.28. The van der Waals surface area contributed by atoms with E-state index < -0.39 is 6.03 Å². The van der Waals surface area contributed by atoms with Crippen LogP contribution in [-0.4, -0.2) is 40.7 Å². The normalized spacial score (nSPS) is 19.7. The minimum Gasteiger partial charge on any atom is -0.382 e. The van der Waals surface area contributed by atoms with Crippen molar-refractivity contribution in [2.45, 2.75) is 39.0 Å². The zero-order valence-corrected chi connectivity index (χ0v) is 19.3. The number of hydrogen-bond acceptors (Lipinski definition) is 8. The van der Waals surface area contributed by atoms with Crippen molar-refractivity contribution in [3.8, 4) is 0 Å². The van der Waals surface area contributed by atoms with Crippen LogP contribution in [0.5, 0.6) is 0 Å². The SMILES string of the molecule is CC(C)(C)c1cc(NC(=O)Nc2ccc(C3=C4C(N)=NC=NN4CC3C(=O)C3CC3)cc2)on1. The third kappa shape index (κ3) is 4.18. The maximum Gasteiger partial charge on any atom is 0.326 e. The number of benzene rings is 1. The first-order chi connectivity index (χ1) is 16.2. The molecule has 1 aliphatic carbocycles. The second kappa shape index (κ2) is 8.12. The summed E-state index contributed by atoms with van der Waals surface area (Å²) < 4.78 is 5.21. The quantitative estimate of drug-likeness (QED) is 0.622. The highest BCUT2D eigenvalue weighted by Gasteiger charge is 2.44.